The van der Waals surface area contributed by atoms with E-state index in [0.29, 0.717) is 50.1 Å². The average Bonchev–Trinajstić information content (AvgIpc) is 3.06. The van der Waals surface area contributed by atoms with Crippen LogP contribution in [0.3, 0.4) is 0 Å². The number of phenols is 1. The molecule has 0 aromatic heterocycles. The Morgan fingerprint density at radius 1 is 0.622 bits per heavy atom. The molecule has 4 fully saturated rings. The fourth-order valence-corrected chi connectivity index (χ4v) is 5.85. The third-order valence-electron chi connectivity index (χ3n) is 8.29. The van der Waals surface area contributed by atoms with E-state index in [1.54, 1.807) is 12.1 Å². The Balaban J connectivity index is 1.22. The van der Waals surface area contributed by atoms with Crippen LogP contribution in [0.25, 0.3) is 6.08 Å². The van der Waals surface area contributed by atoms with Gasteiger partial charge in [-0.15, -0.1) is 0 Å². The van der Waals surface area contributed by atoms with Crippen molar-refractivity contribution in [3.63, 3.8) is 0 Å². The number of hydrogen-bond acceptors (Lipinski definition) is 10. The van der Waals surface area contributed by atoms with Gasteiger partial charge in [-0.2, -0.15) is 0 Å². The van der Waals surface area contributed by atoms with Crippen LogP contribution >= 0.6 is 0 Å². The highest BCUT2D eigenvalue weighted by molar-refractivity contribution is 6.10. The van der Waals surface area contributed by atoms with E-state index in [-0.39, 0.29) is 29.6 Å². The summed E-state index contributed by atoms with van der Waals surface area (Å²) in [4.78, 5) is 13.6. The quantitative estimate of drug-likeness (QED) is 0.209. The Kier molecular flexibility index (Phi) is 11.1. The van der Waals surface area contributed by atoms with E-state index in [1.165, 1.54) is 12.1 Å². The number of hydrogen-bond donors (Lipinski definition) is 1. The molecule has 4 aliphatic rings. The predicted molar refractivity (Wildman–Crippen MR) is 165 cm³/mol. The number of carbonyl (C=O) groups excluding carboxylic acids is 1. The van der Waals surface area contributed by atoms with Gasteiger partial charge in [0.1, 0.15) is 22.8 Å². The molecule has 4 unspecified atom stereocenters. The second kappa shape index (κ2) is 15.8. The minimum Gasteiger partial charge on any atom is -0.507 e. The molecule has 2 aromatic carbocycles. The zero-order valence-electron chi connectivity index (χ0n) is 25.8. The minimum absolute atomic E-state index is 0.0406. The molecule has 4 saturated heterocycles. The van der Waals surface area contributed by atoms with E-state index in [1.807, 2.05) is 18.2 Å². The molecular formula is C35H44O10. The van der Waals surface area contributed by atoms with E-state index in [0.717, 1.165) is 76.2 Å². The molecule has 2 aromatic rings. The highest BCUT2D eigenvalue weighted by Gasteiger charge is 2.25. The van der Waals surface area contributed by atoms with Gasteiger partial charge in [-0.3, -0.25) is 4.79 Å². The first-order valence-electron chi connectivity index (χ1n) is 16.5. The standard InChI is InChI=1S/C35H44O10/c36-26(35-27(37)22-25(42-31-9-1-5-17-38-31)23-30(35)45-34-12-4-8-20-41-34)15-13-24-14-16-28(43-32-10-2-6-18-39-32)29(21-24)44-33-11-3-7-19-40-33/h13-16,21-23,31-34,37H,1-12,17-20H2. The summed E-state index contributed by atoms with van der Waals surface area (Å²) in [5, 5.41) is 11.1. The first-order chi connectivity index (χ1) is 22.1. The molecule has 244 valence electrons. The van der Waals surface area contributed by atoms with Crippen LogP contribution in [0.5, 0.6) is 28.7 Å². The van der Waals surface area contributed by atoms with Gasteiger partial charge in [-0.25, -0.2) is 0 Å². The zero-order chi connectivity index (χ0) is 30.8. The second-order valence-electron chi connectivity index (χ2n) is 11.9. The van der Waals surface area contributed by atoms with E-state index < -0.39 is 18.4 Å². The van der Waals surface area contributed by atoms with Gasteiger partial charge in [0.15, 0.2) is 42.4 Å². The zero-order valence-corrected chi connectivity index (χ0v) is 25.8. The van der Waals surface area contributed by atoms with Crippen molar-refractivity contribution in [1.82, 2.24) is 0 Å². The lowest BCUT2D eigenvalue weighted by Gasteiger charge is -2.27. The smallest absolute Gasteiger partial charge is 0.200 e. The average molecular weight is 625 g/mol. The minimum atomic E-state index is -0.516. The summed E-state index contributed by atoms with van der Waals surface area (Å²) in [5.41, 5.74) is 0.761. The van der Waals surface area contributed by atoms with Crippen molar-refractivity contribution in [3.8, 4) is 28.7 Å². The Morgan fingerprint density at radius 2 is 1.13 bits per heavy atom. The van der Waals surface area contributed by atoms with Crippen LogP contribution in [0.1, 0.15) is 93.0 Å². The van der Waals surface area contributed by atoms with Crippen molar-refractivity contribution in [2.24, 2.45) is 0 Å². The molecule has 4 aliphatic heterocycles. The van der Waals surface area contributed by atoms with Crippen molar-refractivity contribution in [3.05, 3.63) is 47.5 Å². The molecule has 1 N–H and O–H groups in total. The summed E-state index contributed by atoms with van der Waals surface area (Å²) < 4.78 is 47.6. The Labute approximate surface area is 264 Å². The van der Waals surface area contributed by atoms with Gasteiger partial charge < -0.3 is 43.0 Å². The third kappa shape index (κ3) is 8.91. The van der Waals surface area contributed by atoms with Gasteiger partial charge >= 0.3 is 0 Å². The fourth-order valence-electron chi connectivity index (χ4n) is 5.85. The largest absolute Gasteiger partial charge is 0.507 e. The van der Waals surface area contributed by atoms with Crippen LogP contribution in [0.4, 0.5) is 0 Å². The van der Waals surface area contributed by atoms with E-state index in [9.17, 15) is 9.90 Å². The lowest BCUT2D eigenvalue weighted by atomic mass is 10.1. The molecule has 10 nitrogen and oxygen atoms in total. The van der Waals surface area contributed by atoms with E-state index in [2.05, 4.69) is 0 Å². The number of phenolic OH excluding ortho intramolecular Hbond substituents is 1. The Morgan fingerprint density at radius 3 is 1.67 bits per heavy atom. The van der Waals surface area contributed by atoms with E-state index in [4.69, 9.17) is 37.9 Å². The van der Waals surface area contributed by atoms with E-state index >= 15 is 0 Å². The Hall–Kier alpha value is -3.31. The van der Waals surface area contributed by atoms with Crippen LogP contribution in [0.2, 0.25) is 0 Å². The van der Waals surface area contributed by atoms with Crippen LogP contribution in [-0.4, -0.2) is 62.5 Å². The van der Waals surface area contributed by atoms with Gasteiger partial charge in [0.2, 0.25) is 0 Å². The molecule has 0 aliphatic carbocycles. The second-order valence-corrected chi connectivity index (χ2v) is 11.9. The number of allylic oxidation sites excluding steroid dienone is 1. The number of ether oxygens (including phenoxy) is 8. The topological polar surface area (TPSA) is 111 Å². The van der Waals surface area contributed by atoms with Gasteiger partial charge in [0.05, 0.1) is 26.4 Å². The molecule has 0 spiro atoms. The number of rotatable bonds is 11. The summed E-state index contributed by atoms with van der Waals surface area (Å²) in [7, 11) is 0. The summed E-state index contributed by atoms with van der Waals surface area (Å²) in [6.45, 7) is 2.52. The first kappa shape index (κ1) is 31.7. The summed E-state index contributed by atoms with van der Waals surface area (Å²) >= 11 is 0. The molecular weight excluding hydrogens is 580 g/mol. The van der Waals surface area contributed by atoms with Crippen molar-refractivity contribution in [2.45, 2.75) is 102 Å². The van der Waals surface area contributed by atoms with Gasteiger partial charge in [0, 0.05) is 37.8 Å². The third-order valence-corrected chi connectivity index (χ3v) is 8.29. The molecule has 0 radical (unpaired) electrons. The maximum absolute atomic E-state index is 13.6. The van der Waals surface area contributed by atoms with Crippen LogP contribution in [-0.2, 0) is 18.9 Å². The van der Waals surface area contributed by atoms with Crippen LogP contribution < -0.4 is 18.9 Å². The van der Waals surface area contributed by atoms with Gasteiger partial charge in [-0.05, 0) is 75.1 Å². The van der Waals surface area contributed by atoms with Crippen LogP contribution in [0.15, 0.2) is 36.4 Å². The Bertz CT molecular complexity index is 1290. The molecule has 4 heterocycles. The molecule has 10 heteroatoms. The number of ketones is 1. The molecule has 0 bridgehead atoms. The SMILES string of the molecule is O=C(C=Cc1ccc(OC2CCCCO2)c(OC2CCCCO2)c1)c1c(O)cc(OC2CCCCO2)cc1OC1CCCCO1. The molecule has 0 saturated carbocycles. The van der Waals surface area contributed by atoms with Gasteiger partial charge in [-0.1, -0.05) is 12.1 Å². The van der Waals surface area contributed by atoms with Crippen molar-refractivity contribution in [2.75, 3.05) is 26.4 Å². The lowest BCUT2D eigenvalue weighted by molar-refractivity contribution is -0.119. The highest BCUT2D eigenvalue weighted by atomic mass is 16.7. The molecule has 6 rings (SSSR count). The maximum atomic E-state index is 13.6. The number of carbonyl (C=O) groups is 1. The normalized spacial score (nSPS) is 25.9. The monoisotopic (exact) mass is 624 g/mol. The van der Waals surface area contributed by atoms with Crippen molar-refractivity contribution < 1.29 is 47.8 Å². The van der Waals surface area contributed by atoms with Crippen molar-refractivity contribution >= 4 is 11.9 Å². The fraction of sp³-hybridized carbons (Fsp3) is 0.571. The molecule has 4 atom stereocenters. The first-order valence-corrected chi connectivity index (χ1v) is 16.5. The van der Waals surface area contributed by atoms with Gasteiger partial charge in [0.25, 0.3) is 0 Å². The summed E-state index contributed by atoms with van der Waals surface area (Å²) in [6.07, 6.45) is 12.5. The predicted octanol–water partition coefficient (Wildman–Crippen LogP) is 6.91. The molecule has 0 amide bonds. The van der Waals surface area contributed by atoms with Crippen LogP contribution in [0, 0.1) is 0 Å². The highest BCUT2D eigenvalue weighted by Crippen LogP contribution is 2.38. The number of aromatic hydroxyl groups is 1. The lowest BCUT2D eigenvalue weighted by Crippen LogP contribution is -2.27. The summed E-state index contributed by atoms with van der Waals surface area (Å²) in [5.74, 6) is 1.01. The maximum Gasteiger partial charge on any atom is 0.200 e. The molecule has 45 heavy (non-hydrogen) atoms. The summed E-state index contributed by atoms with van der Waals surface area (Å²) in [6, 6.07) is 8.57. The number of benzene rings is 2. The van der Waals surface area contributed by atoms with Crippen molar-refractivity contribution in [1.29, 1.82) is 0 Å².